The van der Waals surface area contributed by atoms with E-state index >= 15 is 0 Å². The van der Waals surface area contributed by atoms with Crippen LogP contribution in [-0.2, 0) is 0 Å². The van der Waals surface area contributed by atoms with Crippen molar-refractivity contribution in [2.45, 2.75) is 78.7 Å². The highest BCUT2D eigenvalue weighted by molar-refractivity contribution is 5.85. The van der Waals surface area contributed by atoms with Crippen molar-refractivity contribution >= 4 is 5.84 Å². The van der Waals surface area contributed by atoms with Crippen molar-refractivity contribution in [2.75, 3.05) is 13.6 Å². The predicted molar refractivity (Wildman–Crippen MR) is 89.7 cm³/mol. The zero-order chi connectivity index (χ0) is 16.1. The number of oxime groups is 1. The molecule has 0 saturated heterocycles. The number of hydrogen-bond acceptors (Lipinski definition) is 3. The lowest BCUT2D eigenvalue weighted by Crippen LogP contribution is -2.37. The lowest BCUT2D eigenvalue weighted by molar-refractivity contribution is 0.125. The van der Waals surface area contributed by atoms with Gasteiger partial charge in [-0.1, -0.05) is 39.3 Å². The van der Waals surface area contributed by atoms with Crippen LogP contribution in [0.25, 0.3) is 0 Å². The third kappa shape index (κ3) is 5.85. The van der Waals surface area contributed by atoms with Gasteiger partial charge in [-0.3, -0.25) is 0 Å². The number of hydrogen-bond donors (Lipinski definition) is 2. The molecule has 1 rings (SSSR count). The summed E-state index contributed by atoms with van der Waals surface area (Å²) in [4.78, 5) is 2.53. The summed E-state index contributed by atoms with van der Waals surface area (Å²) in [5.74, 6) is 0.338. The Balaban J connectivity index is 2.24. The summed E-state index contributed by atoms with van der Waals surface area (Å²) >= 11 is 0. The Kier molecular flexibility index (Phi) is 6.51. The van der Waals surface area contributed by atoms with Crippen molar-refractivity contribution in [2.24, 2.45) is 21.7 Å². The molecule has 0 radical (unpaired) electrons. The van der Waals surface area contributed by atoms with E-state index in [1.165, 1.54) is 32.1 Å². The third-order valence-electron chi connectivity index (χ3n) is 5.30. The molecule has 0 aromatic heterocycles. The molecule has 4 nitrogen and oxygen atoms in total. The minimum atomic E-state index is -0.206. The molecule has 3 N–H and O–H groups in total. The van der Waals surface area contributed by atoms with Gasteiger partial charge >= 0.3 is 0 Å². The van der Waals surface area contributed by atoms with Crippen LogP contribution in [0.3, 0.4) is 0 Å². The number of amidine groups is 1. The van der Waals surface area contributed by atoms with Gasteiger partial charge in [-0.05, 0) is 57.5 Å². The minimum Gasteiger partial charge on any atom is -0.409 e. The number of nitrogens with two attached hydrogens (primary N) is 1. The monoisotopic (exact) mass is 297 g/mol. The van der Waals surface area contributed by atoms with Gasteiger partial charge in [0.1, 0.15) is 5.84 Å². The Morgan fingerprint density at radius 1 is 1.29 bits per heavy atom. The summed E-state index contributed by atoms with van der Waals surface area (Å²) in [6.07, 6.45) is 8.62. The second-order valence-electron chi connectivity index (χ2n) is 8.20. The van der Waals surface area contributed by atoms with E-state index in [1.54, 1.807) is 0 Å². The molecule has 0 bridgehead atoms. The molecule has 0 aromatic carbocycles. The first-order valence-corrected chi connectivity index (χ1v) is 8.36. The van der Waals surface area contributed by atoms with Crippen molar-refractivity contribution < 1.29 is 5.21 Å². The maximum absolute atomic E-state index is 8.78. The molecule has 0 aliphatic heterocycles. The van der Waals surface area contributed by atoms with Gasteiger partial charge in [0.2, 0.25) is 0 Å². The summed E-state index contributed by atoms with van der Waals surface area (Å²) in [6, 6.07) is 0.759. The van der Waals surface area contributed by atoms with Crippen LogP contribution in [0.15, 0.2) is 5.16 Å². The van der Waals surface area contributed by atoms with Gasteiger partial charge in [0.05, 0.1) is 0 Å². The van der Waals surface area contributed by atoms with E-state index in [-0.39, 0.29) is 5.41 Å². The van der Waals surface area contributed by atoms with Crippen LogP contribution in [0.2, 0.25) is 0 Å². The van der Waals surface area contributed by atoms with E-state index in [0.717, 1.165) is 25.4 Å². The molecule has 124 valence electrons. The van der Waals surface area contributed by atoms with Gasteiger partial charge < -0.3 is 15.8 Å². The zero-order valence-electron chi connectivity index (χ0n) is 14.7. The average Bonchev–Trinajstić information content (AvgIpc) is 2.42. The smallest absolute Gasteiger partial charge is 0.144 e. The van der Waals surface area contributed by atoms with E-state index in [0.29, 0.717) is 11.3 Å². The molecule has 0 unspecified atom stereocenters. The Bertz CT molecular complexity index is 340. The van der Waals surface area contributed by atoms with Gasteiger partial charge in [0.25, 0.3) is 0 Å². The van der Waals surface area contributed by atoms with E-state index in [1.807, 2.05) is 13.8 Å². The van der Waals surface area contributed by atoms with Gasteiger partial charge in [0, 0.05) is 11.5 Å². The Hall–Kier alpha value is -0.770. The number of rotatable bonds is 7. The van der Waals surface area contributed by atoms with Gasteiger partial charge in [0.15, 0.2) is 0 Å². The first-order valence-electron chi connectivity index (χ1n) is 8.36. The summed E-state index contributed by atoms with van der Waals surface area (Å²) in [5, 5.41) is 11.9. The fraction of sp³-hybridized carbons (Fsp3) is 0.941. The van der Waals surface area contributed by atoms with Crippen LogP contribution >= 0.6 is 0 Å². The van der Waals surface area contributed by atoms with Gasteiger partial charge in [-0.2, -0.15) is 0 Å². The van der Waals surface area contributed by atoms with Crippen molar-refractivity contribution in [3.8, 4) is 0 Å². The molecule has 21 heavy (non-hydrogen) atoms. The SMILES string of the molecule is CN(CCCCC(C)(C)C(N)=NO)C1CCC(C)(C)CC1. The van der Waals surface area contributed by atoms with Crippen molar-refractivity contribution in [1.82, 2.24) is 4.90 Å². The minimum absolute atomic E-state index is 0.206. The fourth-order valence-electron chi connectivity index (χ4n) is 3.20. The van der Waals surface area contributed by atoms with Crippen molar-refractivity contribution in [3.63, 3.8) is 0 Å². The molecule has 0 atom stereocenters. The number of nitrogens with zero attached hydrogens (tertiary/aromatic N) is 2. The summed E-state index contributed by atoms with van der Waals surface area (Å²) < 4.78 is 0. The molecule has 1 aliphatic carbocycles. The highest BCUT2D eigenvalue weighted by Crippen LogP contribution is 2.36. The quantitative estimate of drug-likeness (QED) is 0.247. The summed E-state index contributed by atoms with van der Waals surface area (Å²) in [5.41, 5.74) is 6.06. The first-order chi connectivity index (χ1) is 9.68. The molecule has 0 spiro atoms. The second-order valence-corrected chi connectivity index (χ2v) is 8.20. The molecule has 1 fully saturated rings. The van der Waals surface area contributed by atoms with Gasteiger partial charge in [-0.25, -0.2) is 0 Å². The predicted octanol–water partition coefficient (Wildman–Crippen LogP) is 3.83. The van der Waals surface area contributed by atoms with Crippen molar-refractivity contribution in [1.29, 1.82) is 0 Å². The summed E-state index contributed by atoms with van der Waals surface area (Å²) in [6.45, 7) is 10.00. The van der Waals surface area contributed by atoms with Crippen LogP contribution in [0.5, 0.6) is 0 Å². The molecule has 0 heterocycles. The normalized spacial score (nSPS) is 21.0. The van der Waals surface area contributed by atoms with Crippen LogP contribution < -0.4 is 5.73 Å². The van der Waals surface area contributed by atoms with Crippen molar-refractivity contribution in [3.05, 3.63) is 0 Å². The highest BCUT2D eigenvalue weighted by Gasteiger charge is 2.28. The molecule has 0 amide bonds. The average molecular weight is 297 g/mol. The summed E-state index contributed by atoms with van der Waals surface area (Å²) in [7, 11) is 2.26. The molecule has 4 heteroatoms. The van der Waals surface area contributed by atoms with E-state index < -0.39 is 0 Å². The van der Waals surface area contributed by atoms with E-state index in [9.17, 15) is 0 Å². The van der Waals surface area contributed by atoms with E-state index in [4.69, 9.17) is 10.9 Å². The third-order valence-corrected chi connectivity index (χ3v) is 5.30. The lowest BCUT2D eigenvalue weighted by Gasteiger charge is -2.38. The van der Waals surface area contributed by atoms with Crippen LogP contribution in [0.4, 0.5) is 0 Å². The second kappa shape index (κ2) is 7.48. The lowest BCUT2D eigenvalue weighted by atomic mass is 9.75. The molecule has 1 aliphatic rings. The van der Waals surface area contributed by atoms with Crippen LogP contribution in [0.1, 0.15) is 72.6 Å². The molecular formula is C17H35N3O. The largest absolute Gasteiger partial charge is 0.409 e. The maximum Gasteiger partial charge on any atom is 0.144 e. The maximum atomic E-state index is 8.78. The highest BCUT2D eigenvalue weighted by atomic mass is 16.4. The topological polar surface area (TPSA) is 61.8 Å². The van der Waals surface area contributed by atoms with Gasteiger partial charge in [-0.15, -0.1) is 0 Å². The molecular weight excluding hydrogens is 262 g/mol. The van der Waals surface area contributed by atoms with Crippen LogP contribution in [0, 0.1) is 10.8 Å². The van der Waals surface area contributed by atoms with Crippen LogP contribution in [-0.4, -0.2) is 35.6 Å². The van der Waals surface area contributed by atoms with E-state index in [2.05, 4.69) is 31.0 Å². The Morgan fingerprint density at radius 2 is 1.86 bits per heavy atom. The Labute approximate surface area is 130 Å². The number of unbranched alkanes of at least 4 members (excludes halogenated alkanes) is 1. The zero-order valence-corrected chi connectivity index (χ0v) is 14.7. The Morgan fingerprint density at radius 3 is 2.38 bits per heavy atom. The fourth-order valence-corrected chi connectivity index (χ4v) is 3.20. The first kappa shape index (κ1) is 18.3. The molecule has 0 aromatic rings. The standard InChI is InChI=1S/C17H35N3O/c1-16(2)11-8-14(9-12-16)20(5)13-7-6-10-17(3,4)15(18)19-21/h14,21H,6-13H2,1-5H3,(H2,18,19). The molecule has 1 saturated carbocycles.